The van der Waals surface area contributed by atoms with Crippen LogP contribution in [-0.4, -0.2) is 27.9 Å². The van der Waals surface area contributed by atoms with Crippen LogP contribution in [0.2, 0.25) is 0 Å². The Bertz CT molecular complexity index is 722. The molecule has 0 aliphatic heterocycles. The Kier molecular flexibility index (Phi) is 3.97. The first-order valence-corrected chi connectivity index (χ1v) is 9.14. The summed E-state index contributed by atoms with van der Waals surface area (Å²) in [5, 5.41) is 23.3. The standard InChI is InChI=1S/C19H22N2O5/c22-17(14-1-3-15(4-2-14)21(25)26)20-16(18(23)24)19-8-11-5-12(9-19)7-13(6-11)10-19/h1-4,11-13,16H,5-10H2,(H,20,22)(H,23,24)/t11?,12?,13?,16-,19?/m0/s1. The highest BCUT2D eigenvalue weighted by atomic mass is 16.6. The molecule has 2 N–H and O–H groups in total. The van der Waals surface area contributed by atoms with Gasteiger partial charge in [-0.1, -0.05) is 0 Å². The number of carboxylic acids is 1. The minimum Gasteiger partial charge on any atom is -0.480 e. The van der Waals surface area contributed by atoms with Gasteiger partial charge < -0.3 is 10.4 Å². The number of carbonyl (C=O) groups excluding carboxylic acids is 1. The molecule has 4 aliphatic carbocycles. The topological polar surface area (TPSA) is 110 Å². The van der Waals surface area contributed by atoms with Gasteiger partial charge in [0.25, 0.3) is 11.6 Å². The second-order valence-electron chi connectivity index (χ2n) is 8.33. The molecule has 0 spiro atoms. The van der Waals surface area contributed by atoms with E-state index < -0.39 is 22.8 Å². The maximum absolute atomic E-state index is 12.6. The summed E-state index contributed by atoms with van der Waals surface area (Å²) in [7, 11) is 0. The van der Waals surface area contributed by atoms with Crippen LogP contribution in [0.4, 0.5) is 5.69 Å². The van der Waals surface area contributed by atoms with Crippen LogP contribution < -0.4 is 5.32 Å². The smallest absolute Gasteiger partial charge is 0.326 e. The molecule has 7 nitrogen and oxygen atoms in total. The van der Waals surface area contributed by atoms with Crippen molar-refractivity contribution < 1.29 is 19.6 Å². The Morgan fingerprint density at radius 1 is 1.08 bits per heavy atom. The SMILES string of the molecule is O=C(N[C@@H](C(=O)O)C12CC3CC(CC(C3)C1)C2)c1ccc([N+](=O)[O-])cc1. The number of nitrogens with one attached hydrogen (secondary N) is 1. The Morgan fingerprint density at radius 2 is 1.58 bits per heavy atom. The molecule has 0 unspecified atom stereocenters. The van der Waals surface area contributed by atoms with E-state index in [0.717, 1.165) is 19.3 Å². The molecular formula is C19H22N2O5. The first-order valence-electron chi connectivity index (χ1n) is 9.14. The van der Waals surface area contributed by atoms with Gasteiger partial charge in [0.1, 0.15) is 6.04 Å². The number of amides is 1. The van der Waals surface area contributed by atoms with Gasteiger partial charge >= 0.3 is 5.97 Å². The molecule has 4 bridgehead atoms. The van der Waals surface area contributed by atoms with Crippen LogP contribution >= 0.6 is 0 Å². The number of nitro groups is 1. The predicted octanol–water partition coefficient (Wildman–Crippen LogP) is 2.99. The number of hydrogen-bond acceptors (Lipinski definition) is 4. The predicted molar refractivity (Wildman–Crippen MR) is 92.6 cm³/mol. The first-order chi connectivity index (χ1) is 12.4. The van der Waals surface area contributed by atoms with E-state index in [-0.39, 0.29) is 16.7 Å². The zero-order valence-electron chi connectivity index (χ0n) is 14.4. The van der Waals surface area contributed by atoms with E-state index in [0.29, 0.717) is 17.8 Å². The van der Waals surface area contributed by atoms with E-state index in [4.69, 9.17) is 0 Å². The fourth-order valence-electron chi connectivity index (χ4n) is 5.96. The number of benzene rings is 1. The third kappa shape index (κ3) is 2.85. The van der Waals surface area contributed by atoms with Crippen molar-refractivity contribution in [2.45, 2.75) is 44.6 Å². The summed E-state index contributed by atoms with van der Waals surface area (Å²) in [4.78, 5) is 34.8. The van der Waals surface area contributed by atoms with Crippen molar-refractivity contribution in [3.8, 4) is 0 Å². The van der Waals surface area contributed by atoms with Crippen molar-refractivity contribution in [2.24, 2.45) is 23.2 Å². The van der Waals surface area contributed by atoms with E-state index in [1.54, 1.807) is 0 Å². The third-order valence-electron chi connectivity index (χ3n) is 6.56. The molecule has 5 rings (SSSR count). The molecule has 1 aromatic rings. The zero-order chi connectivity index (χ0) is 18.5. The van der Waals surface area contributed by atoms with E-state index in [2.05, 4.69) is 5.32 Å². The van der Waals surface area contributed by atoms with E-state index in [9.17, 15) is 24.8 Å². The van der Waals surface area contributed by atoms with Crippen molar-refractivity contribution in [2.75, 3.05) is 0 Å². The van der Waals surface area contributed by atoms with Gasteiger partial charge in [-0.05, 0) is 68.4 Å². The Morgan fingerprint density at radius 3 is 2.00 bits per heavy atom. The van der Waals surface area contributed by atoms with Gasteiger partial charge in [-0.25, -0.2) is 4.79 Å². The average Bonchev–Trinajstić information content (AvgIpc) is 2.58. The normalized spacial score (nSPS) is 32.8. The lowest BCUT2D eigenvalue weighted by Crippen LogP contribution is -2.59. The molecule has 0 saturated heterocycles. The van der Waals surface area contributed by atoms with Crippen LogP contribution in [0.3, 0.4) is 0 Å². The molecule has 138 valence electrons. The minimum absolute atomic E-state index is 0.0996. The van der Waals surface area contributed by atoms with Gasteiger partial charge in [0.15, 0.2) is 0 Å². The highest BCUT2D eigenvalue weighted by Gasteiger charge is 2.56. The van der Waals surface area contributed by atoms with E-state index >= 15 is 0 Å². The molecule has 26 heavy (non-hydrogen) atoms. The summed E-state index contributed by atoms with van der Waals surface area (Å²) in [5.74, 6) is 0.281. The lowest BCUT2D eigenvalue weighted by atomic mass is 9.47. The van der Waals surface area contributed by atoms with E-state index in [1.807, 2.05) is 0 Å². The molecule has 0 aromatic heterocycles. The first kappa shape index (κ1) is 17.0. The molecule has 1 amide bonds. The van der Waals surface area contributed by atoms with Crippen LogP contribution in [0.5, 0.6) is 0 Å². The maximum atomic E-state index is 12.6. The molecule has 4 fully saturated rings. The van der Waals surface area contributed by atoms with Gasteiger partial charge in [-0.2, -0.15) is 0 Å². The quantitative estimate of drug-likeness (QED) is 0.621. The number of rotatable bonds is 5. The third-order valence-corrected chi connectivity index (χ3v) is 6.56. The van der Waals surface area contributed by atoms with Crippen LogP contribution in [0.1, 0.15) is 48.9 Å². The lowest BCUT2D eigenvalue weighted by Gasteiger charge is -2.58. The zero-order valence-corrected chi connectivity index (χ0v) is 14.4. The van der Waals surface area contributed by atoms with Gasteiger partial charge in [-0.3, -0.25) is 14.9 Å². The van der Waals surface area contributed by atoms with Crippen LogP contribution in [0.15, 0.2) is 24.3 Å². The summed E-state index contributed by atoms with van der Waals surface area (Å²) in [6, 6.07) is 4.35. The highest BCUT2D eigenvalue weighted by molar-refractivity contribution is 5.97. The maximum Gasteiger partial charge on any atom is 0.326 e. The van der Waals surface area contributed by atoms with E-state index in [1.165, 1.54) is 43.5 Å². The average molecular weight is 358 g/mol. The molecular weight excluding hydrogens is 336 g/mol. The molecule has 1 atom stereocenters. The Labute approximate surface area is 150 Å². The fraction of sp³-hybridized carbons (Fsp3) is 0.579. The number of non-ortho nitro benzene ring substituents is 1. The van der Waals surface area contributed by atoms with Gasteiger partial charge in [0, 0.05) is 23.1 Å². The number of hydrogen-bond donors (Lipinski definition) is 2. The minimum atomic E-state index is -0.984. The summed E-state index contributed by atoms with van der Waals surface area (Å²) < 4.78 is 0. The van der Waals surface area contributed by atoms with Crippen molar-refractivity contribution >= 4 is 17.6 Å². The highest BCUT2D eigenvalue weighted by Crippen LogP contribution is 2.61. The lowest BCUT2D eigenvalue weighted by molar-refractivity contribution is -0.384. The van der Waals surface area contributed by atoms with Crippen molar-refractivity contribution in [3.05, 3.63) is 39.9 Å². The van der Waals surface area contributed by atoms with Crippen molar-refractivity contribution in [1.82, 2.24) is 5.32 Å². The molecule has 1 aromatic carbocycles. The van der Waals surface area contributed by atoms with Gasteiger partial charge in [0.2, 0.25) is 0 Å². The van der Waals surface area contributed by atoms with Crippen LogP contribution in [-0.2, 0) is 4.79 Å². The molecule has 4 saturated carbocycles. The van der Waals surface area contributed by atoms with Gasteiger partial charge in [-0.15, -0.1) is 0 Å². The Hall–Kier alpha value is -2.44. The largest absolute Gasteiger partial charge is 0.480 e. The fourth-order valence-corrected chi connectivity index (χ4v) is 5.96. The number of carbonyl (C=O) groups is 2. The summed E-state index contributed by atoms with van der Waals surface area (Å²) in [6.45, 7) is 0. The second kappa shape index (κ2) is 6.07. The number of aliphatic carboxylic acids is 1. The molecule has 4 aliphatic rings. The van der Waals surface area contributed by atoms with Crippen LogP contribution in [0, 0.1) is 33.3 Å². The molecule has 7 heteroatoms. The second-order valence-corrected chi connectivity index (χ2v) is 8.33. The van der Waals surface area contributed by atoms with Crippen molar-refractivity contribution in [1.29, 1.82) is 0 Å². The summed E-state index contributed by atoms with van der Waals surface area (Å²) in [6.07, 6.45) is 6.20. The molecule has 0 heterocycles. The summed E-state index contributed by atoms with van der Waals surface area (Å²) in [5.41, 5.74) is -0.208. The Balaban J connectivity index is 1.55. The van der Waals surface area contributed by atoms with Gasteiger partial charge in [0.05, 0.1) is 4.92 Å². The number of nitro benzene ring substituents is 1. The van der Waals surface area contributed by atoms with Crippen LogP contribution in [0.25, 0.3) is 0 Å². The number of carboxylic acid groups (broad SMARTS) is 1. The summed E-state index contributed by atoms with van der Waals surface area (Å²) >= 11 is 0. The van der Waals surface area contributed by atoms with Crippen molar-refractivity contribution in [3.63, 3.8) is 0 Å². The monoisotopic (exact) mass is 358 g/mol. The number of nitrogens with zero attached hydrogens (tertiary/aromatic N) is 1. The molecule has 0 radical (unpaired) electrons.